The Hall–Kier alpha value is -2.70. The Bertz CT molecular complexity index is 735. The van der Waals surface area contributed by atoms with Crippen molar-refractivity contribution in [1.82, 2.24) is 5.32 Å². The highest BCUT2D eigenvalue weighted by Gasteiger charge is 2.14. The summed E-state index contributed by atoms with van der Waals surface area (Å²) in [7, 11) is 0. The Morgan fingerprint density at radius 2 is 2.15 bits per heavy atom. The molecule has 20 heavy (non-hydrogen) atoms. The smallest absolute Gasteiger partial charge is 0.344 e. The second-order valence-corrected chi connectivity index (χ2v) is 4.18. The van der Waals surface area contributed by atoms with Gasteiger partial charge >= 0.3 is 5.63 Å². The van der Waals surface area contributed by atoms with Gasteiger partial charge in [0.05, 0.1) is 10.3 Å². The van der Waals surface area contributed by atoms with Gasteiger partial charge in [0.25, 0.3) is 11.6 Å². The number of fused-ring (bicyclic) bond motifs is 1. The van der Waals surface area contributed by atoms with E-state index in [-0.39, 0.29) is 16.8 Å². The lowest BCUT2D eigenvalue weighted by Crippen LogP contribution is -2.25. The van der Waals surface area contributed by atoms with Crippen LogP contribution in [0, 0.1) is 10.1 Å². The van der Waals surface area contributed by atoms with E-state index < -0.39 is 16.5 Å². The third-order valence-electron chi connectivity index (χ3n) is 2.72. The Balaban J connectivity index is 2.48. The molecule has 2 rings (SSSR count). The molecule has 1 heterocycles. The number of nitro benzene ring substituents is 1. The van der Waals surface area contributed by atoms with Crippen LogP contribution in [0.4, 0.5) is 5.69 Å². The lowest BCUT2D eigenvalue weighted by molar-refractivity contribution is -0.384. The minimum absolute atomic E-state index is 0.0752. The topological polar surface area (TPSA) is 102 Å². The van der Waals surface area contributed by atoms with Crippen LogP contribution in [0.2, 0.25) is 0 Å². The molecule has 7 nitrogen and oxygen atoms in total. The quantitative estimate of drug-likeness (QED) is 0.678. The number of nitrogens with zero attached hydrogens (tertiary/aromatic N) is 1. The Morgan fingerprint density at radius 3 is 2.80 bits per heavy atom. The molecule has 0 bridgehead atoms. The van der Waals surface area contributed by atoms with Gasteiger partial charge in [-0.1, -0.05) is 6.92 Å². The van der Waals surface area contributed by atoms with Crippen molar-refractivity contribution in [3.05, 3.63) is 50.6 Å². The molecular formula is C13H12N2O5. The molecule has 1 N–H and O–H groups in total. The van der Waals surface area contributed by atoms with Crippen LogP contribution < -0.4 is 10.9 Å². The first-order chi connectivity index (χ1) is 9.52. The first-order valence-corrected chi connectivity index (χ1v) is 6.03. The van der Waals surface area contributed by atoms with Gasteiger partial charge in [-0.3, -0.25) is 14.9 Å². The number of non-ortho nitro benzene ring substituents is 1. The largest absolute Gasteiger partial charge is 0.417 e. The molecule has 0 saturated carbocycles. The van der Waals surface area contributed by atoms with Crippen molar-refractivity contribution in [2.75, 3.05) is 6.54 Å². The number of hydrogen-bond donors (Lipinski definition) is 1. The fraction of sp³-hybridized carbons (Fsp3) is 0.231. The minimum Gasteiger partial charge on any atom is -0.417 e. The first kappa shape index (κ1) is 13.7. The first-order valence-electron chi connectivity index (χ1n) is 6.03. The Morgan fingerprint density at radius 1 is 1.40 bits per heavy atom. The second-order valence-electron chi connectivity index (χ2n) is 4.18. The molecule has 0 aliphatic rings. The number of nitrogens with one attached hydrogen (secondary N) is 1. The number of amides is 1. The lowest BCUT2D eigenvalue weighted by atomic mass is 10.1. The predicted octanol–water partition coefficient (Wildman–Crippen LogP) is 1.84. The molecule has 0 aliphatic heterocycles. The molecule has 2 aromatic rings. The summed E-state index contributed by atoms with van der Waals surface area (Å²) in [5.41, 5.74) is -0.971. The standard InChI is InChI=1S/C13H12N2O5/c1-2-5-14-12(16)11-6-8-3-4-9(15(18)19)7-10(8)13(17)20-11/h3-4,6-7H,2,5H2,1H3,(H,14,16). The van der Waals surface area contributed by atoms with Crippen molar-refractivity contribution in [3.8, 4) is 0 Å². The van der Waals surface area contributed by atoms with Gasteiger partial charge in [-0.05, 0) is 23.9 Å². The zero-order valence-electron chi connectivity index (χ0n) is 10.7. The molecule has 0 unspecified atom stereocenters. The van der Waals surface area contributed by atoms with Gasteiger partial charge in [0.15, 0.2) is 5.76 Å². The average molecular weight is 276 g/mol. The summed E-state index contributed by atoms with van der Waals surface area (Å²) < 4.78 is 4.89. The fourth-order valence-corrected chi connectivity index (χ4v) is 1.72. The Labute approximate surface area is 113 Å². The van der Waals surface area contributed by atoms with Crippen molar-refractivity contribution >= 4 is 22.4 Å². The normalized spacial score (nSPS) is 10.4. The zero-order valence-corrected chi connectivity index (χ0v) is 10.7. The summed E-state index contributed by atoms with van der Waals surface area (Å²) in [6.07, 6.45) is 0.760. The molecule has 0 aliphatic carbocycles. The van der Waals surface area contributed by atoms with E-state index in [9.17, 15) is 19.7 Å². The summed E-state index contributed by atoms with van der Waals surface area (Å²) in [6, 6.07) is 5.22. The molecule has 0 atom stereocenters. The van der Waals surface area contributed by atoms with Crippen LogP contribution in [0.15, 0.2) is 33.5 Å². The van der Waals surface area contributed by atoms with Gasteiger partial charge in [-0.25, -0.2) is 4.79 Å². The maximum atomic E-state index is 11.8. The van der Waals surface area contributed by atoms with E-state index in [1.165, 1.54) is 18.2 Å². The van der Waals surface area contributed by atoms with Crippen molar-refractivity contribution < 1.29 is 14.1 Å². The third-order valence-corrected chi connectivity index (χ3v) is 2.72. The lowest BCUT2D eigenvalue weighted by Gasteiger charge is -2.03. The van der Waals surface area contributed by atoms with E-state index in [1.807, 2.05) is 6.92 Å². The van der Waals surface area contributed by atoms with E-state index in [1.54, 1.807) is 0 Å². The summed E-state index contributed by atoms with van der Waals surface area (Å²) in [6.45, 7) is 2.37. The summed E-state index contributed by atoms with van der Waals surface area (Å²) in [4.78, 5) is 33.6. The van der Waals surface area contributed by atoms with E-state index in [2.05, 4.69) is 5.32 Å². The van der Waals surface area contributed by atoms with Gasteiger partial charge in [0.2, 0.25) is 0 Å². The highest BCUT2D eigenvalue weighted by molar-refractivity contribution is 5.95. The van der Waals surface area contributed by atoms with Crippen molar-refractivity contribution in [2.24, 2.45) is 0 Å². The monoisotopic (exact) mass is 276 g/mol. The van der Waals surface area contributed by atoms with E-state index in [0.717, 1.165) is 12.5 Å². The van der Waals surface area contributed by atoms with Gasteiger partial charge in [-0.2, -0.15) is 0 Å². The van der Waals surface area contributed by atoms with Crippen LogP contribution in [0.3, 0.4) is 0 Å². The number of carbonyl (C=O) groups is 1. The van der Waals surface area contributed by atoms with E-state index in [4.69, 9.17) is 4.42 Å². The molecule has 1 amide bonds. The maximum Gasteiger partial charge on any atom is 0.344 e. The number of hydrogen-bond acceptors (Lipinski definition) is 5. The van der Waals surface area contributed by atoms with Crippen molar-refractivity contribution in [3.63, 3.8) is 0 Å². The number of benzene rings is 1. The number of rotatable bonds is 4. The van der Waals surface area contributed by atoms with Crippen LogP contribution in [0.5, 0.6) is 0 Å². The van der Waals surface area contributed by atoms with Crippen molar-refractivity contribution in [2.45, 2.75) is 13.3 Å². The molecule has 1 aromatic carbocycles. The van der Waals surface area contributed by atoms with Crippen LogP contribution in [0.25, 0.3) is 10.8 Å². The molecule has 0 fully saturated rings. The molecule has 7 heteroatoms. The van der Waals surface area contributed by atoms with Crippen LogP contribution in [0.1, 0.15) is 23.9 Å². The molecule has 0 radical (unpaired) electrons. The van der Waals surface area contributed by atoms with E-state index in [0.29, 0.717) is 11.9 Å². The van der Waals surface area contributed by atoms with Gasteiger partial charge in [0.1, 0.15) is 0 Å². The molecule has 1 aromatic heterocycles. The second kappa shape index (κ2) is 5.52. The van der Waals surface area contributed by atoms with Gasteiger partial charge < -0.3 is 9.73 Å². The molecule has 0 spiro atoms. The summed E-state index contributed by atoms with van der Waals surface area (Å²) in [5.74, 6) is -0.589. The number of nitro groups is 1. The van der Waals surface area contributed by atoms with Crippen molar-refractivity contribution in [1.29, 1.82) is 0 Å². The summed E-state index contributed by atoms with van der Waals surface area (Å²) in [5, 5.41) is 13.7. The van der Waals surface area contributed by atoms with Crippen LogP contribution >= 0.6 is 0 Å². The average Bonchev–Trinajstić information content (AvgIpc) is 2.44. The zero-order chi connectivity index (χ0) is 14.7. The highest BCUT2D eigenvalue weighted by Crippen LogP contribution is 2.19. The Kier molecular flexibility index (Phi) is 3.79. The molecule has 0 saturated heterocycles. The predicted molar refractivity (Wildman–Crippen MR) is 71.8 cm³/mol. The fourth-order valence-electron chi connectivity index (χ4n) is 1.72. The van der Waals surface area contributed by atoms with Crippen LogP contribution in [-0.4, -0.2) is 17.4 Å². The summed E-state index contributed by atoms with van der Waals surface area (Å²) >= 11 is 0. The van der Waals surface area contributed by atoms with E-state index >= 15 is 0 Å². The maximum absolute atomic E-state index is 11.8. The van der Waals surface area contributed by atoms with Gasteiger partial charge in [0, 0.05) is 18.7 Å². The molecular weight excluding hydrogens is 264 g/mol. The minimum atomic E-state index is -0.771. The third kappa shape index (κ3) is 2.66. The highest BCUT2D eigenvalue weighted by atomic mass is 16.6. The number of carbonyl (C=O) groups excluding carboxylic acids is 1. The molecule has 104 valence electrons. The SMILES string of the molecule is CCCNC(=O)c1cc2ccc([N+](=O)[O-])cc2c(=O)o1. The van der Waals surface area contributed by atoms with Gasteiger partial charge in [-0.15, -0.1) is 0 Å². The van der Waals surface area contributed by atoms with Crippen LogP contribution in [-0.2, 0) is 0 Å².